The van der Waals surface area contributed by atoms with E-state index in [2.05, 4.69) is 5.32 Å². The maximum atomic E-state index is 13.4. The molecule has 0 radical (unpaired) electrons. The van der Waals surface area contributed by atoms with Gasteiger partial charge < -0.3 is 29.4 Å². The third-order valence-corrected chi connectivity index (χ3v) is 3.52. The predicted octanol–water partition coefficient (Wildman–Crippen LogP) is 1.49. The van der Waals surface area contributed by atoms with Gasteiger partial charge in [-0.25, -0.2) is 4.39 Å². The van der Waals surface area contributed by atoms with Crippen LogP contribution in [0.25, 0.3) is 0 Å². The van der Waals surface area contributed by atoms with Gasteiger partial charge in [0.1, 0.15) is 18.5 Å². The van der Waals surface area contributed by atoms with Crippen molar-refractivity contribution < 1.29 is 33.2 Å². The number of rotatable bonds is 8. The minimum Gasteiger partial charge on any atom is -0.491 e. The van der Waals surface area contributed by atoms with Crippen molar-refractivity contribution in [3.63, 3.8) is 0 Å². The Morgan fingerprint density at radius 1 is 1.19 bits per heavy atom. The van der Waals surface area contributed by atoms with Crippen molar-refractivity contribution >= 4 is 5.91 Å². The number of benzene rings is 2. The molecule has 0 saturated carbocycles. The molecular formula is C18H18FNO6. The lowest BCUT2D eigenvalue weighted by Crippen LogP contribution is -2.37. The fourth-order valence-corrected chi connectivity index (χ4v) is 2.21. The Kier molecular flexibility index (Phi) is 5.75. The van der Waals surface area contributed by atoms with Gasteiger partial charge in [-0.1, -0.05) is 12.1 Å². The number of halogens is 1. The number of amides is 1. The normalized spacial score (nSPS) is 13.2. The topological polar surface area (TPSA) is 86.3 Å². The summed E-state index contributed by atoms with van der Waals surface area (Å²) in [6, 6.07) is 10.9. The Hall–Kier alpha value is -3.00. The van der Waals surface area contributed by atoms with Crippen LogP contribution in [0.2, 0.25) is 0 Å². The minimum atomic E-state index is -0.919. The van der Waals surface area contributed by atoms with Crippen molar-refractivity contribution in [2.45, 2.75) is 6.10 Å². The lowest BCUT2D eigenvalue weighted by atomic mass is 10.3. The van der Waals surface area contributed by atoms with Gasteiger partial charge in [-0.05, 0) is 24.3 Å². The van der Waals surface area contributed by atoms with Crippen molar-refractivity contribution in [1.29, 1.82) is 0 Å². The number of carbonyl (C=O) groups is 1. The summed E-state index contributed by atoms with van der Waals surface area (Å²) in [5.74, 6) is 0.709. The number of aliphatic hydroxyl groups is 1. The van der Waals surface area contributed by atoms with Crippen LogP contribution in [0.5, 0.6) is 23.0 Å². The van der Waals surface area contributed by atoms with Crippen LogP contribution in [0.4, 0.5) is 4.39 Å². The molecule has 0 aromatic heterocycles. The fourth-order valence-electron chi connectivity index (χ4n) is 2.21. The molecule has 1 aliphatic rings. The molecule has 1 amide bonds. The highest BCUT2D eigenvalue weighted by Crippen LogP contribution is 2.35. The fraction of sp³-hybridized carbons (Fsp3) is 0.278. The molecular weight excluding hydrogens is 345 g/mol. The summed E-state index contributed by atoms with van der Waals surface area (Å²) in [7, 11) is 0. The van der Waals surface area contributed by atoms with E-state index < -0.39 is 17.8 Å². The highest BCUT2D eigenvalue weighted by atomic mass is 19.1. The number of para-hydroxylation sites is 1. The number of hydrogen-bond acceptors (Lipinski definition) is 6. The van der Waals surface area contributed by atoms with E-state index in [0.717, 1.165) is 0 Å². The van der Waals surface area contributed by atoms with Gasteiger partial charge in [-0.2, -0.15) is 0 Å². The first-order chi connectivity index (χ1) is 12.6. The monoisotopic (exact) mass is 363 g/mol. The SMILES string of the molecule is O=C(COc1ccccc1F)NCC(O)COc1ccc2c(c1)OCO2. The maximum Gasteiger partial charge on any atom is 0.258 e. The molecule has 0 fully saturated rings. The van der Waals surface area contributed by atoms with Crippen LogP contribution in [0.1, 0.15) is 0 Å². The third-order valence-electron chi connectivity index (χ3n) is 3.52. The lowest BCUT2D eigenvalue weighted by molar-refractivity contribution is -0.123. The van der Waals surface area contributed by atoms with Crippen molar-refractivity contribution in [3.8, 4) is 23.0 Å². The first-order valence-electron chi connectivity index (χ1n) is 7.96. The van der Waals surface area contributed by atoms with Crippen LogP contribution in [-0.2, 0) is 4.79 Å². The zero-order valence-corrected chi connectivity index (χ0v) is 13.8. The molecule has 7 nitrogen and oxygen atoms in total. The van der Waals surface area contributed by atoms with Crippen LogP contribution in [-0.4, -0.2) is 43.7 Å². The number of hydrogen-bond donors (Lipinski definition) is 2. The van der Waals surface area contributed by atoms with Crippen molar-refractivity contribution in [2.75, 3.05) is 26.6 Å². The standard InChI is InChI=1S/C18H18FNO6/c19-14-3-1-2-4-15(14)24-10-18(22)20-8-12(21)9-23-13-5-6-16-17(7-13)26-11-25-16/h1-7,12,21H,8-11H2,(H,20,22). The van der Waals surface area contributed by atoms with Crippen molar-refractivity contribution in [1.82, 2.24) is 5.32 Å². The van der Waals surface area contributed by atoms with Gasteiger partial charge in [0.05, 0.1) is 0 Å². The van der Waals surface area contributed by atoms with Crippen LogP contribution >= 0.6 is 0 Å². The van der Waals surface area contributed by atoms with Crippen LogP contribution in [0, 0.1) is 5.82 Å². The largest absolute Gasteiger partial charge is 0.491 e. The molecule has 138 valence electrons. The average molecular weight is 363 g/mol. The van der Waals surface area contributed by atoms with Crippen LogP contribution in [0.15, 0.2) is 42.5 Å². The summed E-state index contributed by atoms with van der Waals surface area (Å²) in [4.78, 5) is 11.7. The number of fused-ring (bicyclic) bond motifs is 1. The predicted molar refractivity (Wildman–Crippen MR) is 89.0 cm³/mol. The van der Waals surface area contributed by atoms with Gasteiger partial charge in [0.2, 0.25) is 6.79 Å². The van der Waals surface area contributed by atoms with E-state index in [0.29, 0.717) is 17.2 Å². The number of ether oxygens (including phenoxy) is 4. The molecule has 0 aliphatic carbocycles. The van der Waals surface area contributed by atoms with E-state index in [4.69, 9.17) is 18.9 Å². The van der Waals surface area contributed by atoms with Gasteiger partial charge in [0.15, 0.2) is 29.7 Å². The summed E-state index contributed by atoms with van der Waals surface area (Å²) in [5.41, 5.74) is 0. The first-order valence-corrected chi connectivity index (χ1v) is 7.96. The summed E-state index contributed by atoms with van der Waals surface area (Å²) in [6.07, 6.45) is -0.919. The Balaban J connectivity index is 1.36. The van der Waals surface area contributed by atoms with Gasteiger partial charge in [0.25, 0.3) is 5.91 Å². The quantitative estimate of drug-likeness (QED) is 0.739. The molecule has 8 heteroatoms. The molecule has 2 aromatic rings. The maximum absolute atomic E-state index is 13.4. The minimum absolute atomic E-state index is 0.00524. The number of nitrogens with one attached hydrogen (secondary N) is 1. The second-order valence-corrected chi connectivity index (χ2v) is 5.50. The highest BCUT2D eigenvalue weighted by Gasteiger charge is 2.15. The summed E-state index contributed by atoms with van der Waals surface area (Å²) in [6.45, 7) is -0.225. The molecule has 2 N–H and O–H groups in total. The molecule has 1 aliphatic heterocycles. The van der Waals surface area contributed by atoms with E-state index in [9.17, 15) is 14.3 Å². The van der Waals surface area contributed by atoms with Crippen molar-refractivity contribution in [2.24, 2.45) is 0 Å². The molecule has 26 heavy (non-hydrogen) atoms. The Bertz CT molecular complexity index is 769. The van der Waals surface area contributed by atoms with E-state index in [-0.39, 0.29) is 32.3 Å². The van der Waals surface area contributed by atoms with E-state index in [1.807, 2.05) is 0 Å². The molecule has 1 unspecified atom stereocenters. The van der Waals surface area contributed by atoms with E-state index in [1.165, 1.54) is 18.2 Å². The van der Waals surface area contributed by atoms with Gasteiger partial charge in [-0.15, -0.1) is 0 Å². The molecule has 3 rings (SSSR count). The number of carbonyl (C=O) groups excluding carboxylic acids is 1. The smallest absolute Gasteiger partial charge is 0.258 e. The van der Waals surface area contributed by atoms with Crippen LogP contribution < -0.4 is 24.3 Å². The van der Waals surface area contributed by atoms with Gasteiger partial charge >= 0.3 is 0 Å². The zero-order valence-electron chi connectivity index (χ0n) is 13.8. The zero-order chi connectivity index (χ0) is 18.4. The second-order valence-electron chi connectivity index (χ2n) is 5.50. The molecule has 0 bridgehead atoms. The second kappa shape index (κ2) is 8.39. The molecule has 0 saturated heterocycles. The average Bonchev–Trinajstić information content (AvgIpc) is 3.12. The Morgan fingerprint density at radius 2 is 2.00 bits per heavy atom. The summed E-state index contributed by atoms with van der Waals surface area (Å²) < 4.78 is 34.3. The first kappa shape index (κ1) is 17.8. The van der Waals surface area contributed by atoms with E-state index >= 15 is 0 Å². The van der Waals surface area contributed by atoms with Crippen molar-refractivity contribution in [3.05, 3.63) is 48.3 Å². The Labute approximate surface area is 149 Å². The molecule has 1 heterocycles. The molecule has 1 atom stereocenters. The van der Waals surface area contributed by atoms with Gasteiger partial charge in [-0.3, -0.25) is 4.79 Å². The third kappa shape index (κ3) is 4.76. The number of aliphatic hydroxyl groups excluding tert-OH is 1. The highest BCUT2D eigenvalue weighted by molar-refractivity contribution is 5.77. The van der Waals surface area contributed by atoms with Crippen LogP contribution in [0.3, 0.4) is 0 Å². The molecule has 0 spiro atoms. The Morgan fingerprint density at radius 3 is 2.85 bits per heavy atom. The summed E-state index contributed by atoms with van der Waals surface area (Å²) >= 11 is 0. The molecule has 2 aromatic carbocycles. The summed E-state index contributed by atoms with van der Waals surface area (Å²) in [5, 5.41) is 12.4. The van der Waals surface area contributed by atoms with E-state index in [1.54, 1.807) is 24.3 Å². The lowest BCUT2D eigenvalue weighted by Gasteiger charge is -2.14. The van der Waals surface area contributed by atoms with Gasteiger partial charge in [0, 0.05) is 12.6 Å².